The van der Waals surface area contributed by atoms with Gasteiger partial charge >= 0.3 is 0 Å². The maximum absolute atomic E-state index is 5.28. The Morgan fingerprint density at radius 2 is 0.746 bits per heavy atom. The largest absolute Gasteiger partial charge is 0.308 e. The van der Waals surface area contributed by atoms with Gasteiger partial charge in [-0.3, -0.25) is 0 Å². The summed E-state index contributed by atoms with van der Waals surface area (Å²) < 4.78 is 2.44. The number of rotatable bonds is 6. The first-order chi connectivity index (χ1) is 29.3. The molecule has 0 aliphatic heterocycles. The van der Waals surface area contributed by atoms with Crippen molar-refractivity contribution in [1.82, 2.24) is 19.5 Å². The summed E-state index contributed by atoms with van der Waals surface area (Å²) in [7, 11) is 0. The quantitative estimate of drug-likeness (QED) is 0.170. The Kier molecular flexibility index (Phi) is 7.50. The standard InChI is InChI=1S/C55H34N4/c1-4-16-35(17-5-1)36-30-32-39(33-31-36)54-56-53(38-20-8-3-9-21-38)57-55(58-54)45-24-12-13-28-47(45)59-48-29-15-27-43-41-23-11-10-22-40(41)42-25-14-26-44-46(37-18-6-2-7-19-37)34-49(59)52(50(42)44)51(43)48/h1-34H. The van der Waals surface area contributed by atoms with Gasteiger partial charge in [0.05, 0.1) is 16.7 Å². The molecule has 0 bridgehead atoms. The number of hydrogen-bond acceptors (Lipinski definition) is 3. The second kappa shape index (κ2) is 13.3. The Morgan fingerprint density at radius 1 is 0.271 bits per heavy atom. The van der Waals surface area contributed by atoms with Crippen molar-refractivity contribution in [2.24, 2.45) is 0 Å². The molecular formula is C55H34N4. The fourth-order valence-electron chi connectivity index (χ4n) is 9.17. The molecule has 0 spiro atoms. The van der Waals surface area contributed by atoms with E-state index in [0.717, 1.165) is 39.0 Å². The van der Waals surface area contributed by atoms with Gasteiger partial charge in [-0.25, -0.2) is 15.0 Å². The lowest BCUT2D eigenvalue weighted by Gasteiger charge is -2.17. The average molecular weight is 751 g/mol. The lowest BCUT2D eigenvalue weighted by molar-refractivity contribution is 1.06. The van der Waals surface area contributed by atoms with Crippen molar-refractivity contribution in [3.63, 3.8) is 0 Å². The van der Waals surface area contributed by atoms with Crippen LogP contribution in [0.5, 0.6) is 0 Å². The van der Waals surface area contributed by atoms with Gasteiger partial charge in [0.25, 0.3) is 0 Å². The molecule has 1 aliphatic carbocycles. The normalized spacial score (nSPS) is 11.7. The van der Waals surface area contributed by atoms with Crippen molar-refractivity contribution in [2.45, 2.75) is 0 Å². The van der Waals surface area contributed by atoms with Crippen LogP contribution in [0.15, 0.2) is 206 Å². The Morgan fingerprint density at radius 3 is 1.42 bits per heavy atom. The molecule has 59 heavy (non-hydrogen) atoms. The topological polar surface area (TPSA) is 43.6 Å². The first kappa shape index (κ1) is 33.2. The summed E-state index contributed by atoms with van der Waals surface area (Å²) in [6.45, 7) is 0. The minimum atomic E-state index is 0.616. The van der Waals surface area contributed by atoms with Crippen molar-refractivity contribution in [3.8, 4) is 84.4 Å². The number of benzene rings is 9. The molecule has 0 radical (unpaired) electrons. The van der Waals surface area contributed by atoms with Gasteiger partial charge < -0.3 is 4.57 Å². The second-order valence-electron chi connectivity index (χ2n) is 15.1. The third-order valence-corrected chi connectivity index (χ3v) is 11.8. The van der Waals surface area contributed by atoms with E-state index >= 15 is 0 Å². The number of hydrogen-bond donors (Lipinski definition) is 0. The van der Waals surface area contributed by atoms with Gasteiger partial charge in [-0.1, -0.05) is 182 Å². The number of nitrogens with zero attached hydrogens (tertiary/aromatic N) is 4. The molecule has 0 unspecified atom stereocenters. The molecule has 2 heterocycles. The van der Waals surface area contributed by atoms with Gasteiger partial charge in [-0.2, -0.15) is 0 Å². The summed E-state index contributed by atoms with van der Waals surface area (Å²) in [5.41, 5.74) is 15.7. The predicted molar refractivity (Wildman–Crippen MR) is 243 cm³/mol. The number of aromatic nitrogens is 4. The molecule has 0 saturated carbocycles. The zero-order chi connectivity index (χ0) is 38.9. The number of para-hydroxylation sites is 1. The van der Waals surface area contributed by atoms with Gasteiger partial charge in [0.2, 0.25) is 0 Å². The second-order valence-corrected chi connectivity index (χ2v) is 15.1. The van der Waals surface area contributed by atoms with Crippen molar-refractivity contribution >= 4 is 32.6 Å². The van der Waals surface area contributed by atoms with Crippen LogP contribution in [-0.4, -0.2) is 19.5 Å². The van der Waals surface area contributed by atoms with Gasteiger partial charge in [0, 0.05) is 32.8 Å². The summed E-state index contributed by atoms with van der Waals surface area (Å²) in [5, 5.41) is 5.02. The van der Waals surface area contributed by atoms with E-state index in [1.165, 1.54) is 60.5 Å². The molecule has 11 aromatic rings. The van der Waals surface area contributed by atoms with E-state index in [9.17, 15) is 0 Å². The molecule has 2 aromatic heterocycles. The lowest BCUT2D eigenvalue weighted by Crippen LogP contribution is -2.03. The highest BCUT2D eigenvalue weighted by atomic mass is 15.1. The molecule has 0 fully saturated rings. The van der Waals surface area contributed by atoms with Gasteiger partial charge in [0.1, 0.15) is 0 Å². The van der Waals surface area contributed by atoms with Crippen LogP contribution in [-0.2, 0) is 0 Å². The Balaban J connectivity index is 1.15. The molecule has 4 heteroatoms. The van der Waals surface area contributed by atoms with Crippen molar-refractivity contribution < 1.29 is 0 Å². The lowest BCUT2D eigenvalue weighted by atomic mass is 9.90. The molecule has 0 saturated heterocycles. The van der Waals surface area contributed by atoms with Crippen LogP contribution in [0.25, 0.3) is 117 Å². The summed E-state index contributed by atoms with van der Waals surface area (Å²) in [6, 6.07) is 73.3. The van der Waals surface area contributed by atoms with Crippen LogP contribution in [0.4, 0.5) is 0 Å². The highest BCUT2D eigenvalue weighted by Gasteiger charge is 2.27. The summed E-state index contributed by atoms with van der Waals surface area (Å²) >= 11 is 0. The van der Waals surface area contributed by atoms with Gasteiger partial charge in [-0.15, -0.1) is 0 Å². The van der Waals surface area contributed by atoms with Crippen LogP contribution in [0.2, 0.25) is 0 Å². The van der Waals surface area contributed by atoms with E-state index in [4.69, 9.17) is 15.0 Å². The van der Waals surface area contributed by atoms with E-state index in [1.807, 2.05) is 24.3 Å². The minimum Gasteiger partial charge on any atom is -0.308 e. The molecule has 1 aliphatic rings. The Labute approximate surface area is 341 Å². The first-order valence-electron chi connectivity index (χ1n) is 20.0. The van der Waals surface area contributed by atoms with Crippen LogP contribution in [0.1, 0.15) is 0 Å². The van der Waals surface area contributed by atoms with Crippen LogP contribution in [0.3, 0.4) is 0 Å². The van der Waals surface area contributed by atoms with Crippen molar-refractivity contribution in [1.29, 1.82) is 0 Å². The van der Waals surface area contributed by atoms with Crippen LogP contribution < -0.4 is 0 Å². The van der Waals surface area contributed by atoms with Crippen LogP contribution in [0, 0.1) is 0 Å². The third kappa shape index (κ3) is 5.27. The first-order valence-corrected chi connectivity index (χ1v) is 20.0. The molecule has 274 valence electrons. The minimum absolute atomic E-state index is 0.616. The Hall–Kier alpha value is -7.95. The van der Waals surface area contributed by atoms with Crippen molar-refractivity contribution in [3.05, 3.63) is 206 Å². The maximum atomic E-state index is 5.28. The van der Waals surface area contributed by atoms with Crippen LogP contribution >= 0.6 is 0 Å². The van der Waals surface area contributed by atoms with Gasteiger partial charge in [0.15, 0.2) is 17.5 Å². The van der Waals surface area contributed by atoms with E-state index in [1.54, 1.807) is 0 Å². The summed E-state index contributed by atoms with van der Waals surface area (Å²) in [5.74, 6) is 1.87. The smallest absolute Gasteiger partial charge is 0.166 e. The highest BCUT2D eigenvalue weighted by molar-refractivity contribution is 6.32. The van der Waals surface area contributed by atoms with Gasteiger partial charge in [-0.05, 0) is 74.2 Å². The fourth-order valence-corrected chi connectivity index (χ4v) is 9.17. The highest BCUT2D eigenvalue weighted by Crippen LogP contribution is 2.52. The van der Waals surface area contributed by atoms with E-state index in [-0.39, 0.29) is 0 Å². The molecule has 4 nitrogen and oxygen atoms in total. The number of fused-ring (bicyclic) bond motifs is 3. The fraction of sp³-hybridized carbons (Fsp3) is 0. The summed E-state index contributed by atoms with van der Waals surface area (Å²) in [4.78, 5) is 15.6. The zero-order valence-corrected chi connectivity index (χ0v) is 31.9. The molecular weight excluding hydrogens is 717 g/mol. The maximum Gasteiger partial charge on any atom is 0.166 e. The third-order valence-electron chi connectivity index (χ3n) is 11.8. The molecule has 0 amide bonds. The molecule has 12 rings (SSSR count). The van der Waals surface area contributed by atoms with E-state index in [2.05, 4.69) is 187 Å². The average Bonchev–Trinajstić information content (AvgIpc) is 3.59. The summed E-state index contributed by atoms with van der Waals surface area (Å²) in [6.07, 6.45) is 0. The monoisotopic (exact) mass is 750 g/mol. The Bertz CT molecular complexity index is 3410. The molecule has 9 aromatic carbocycles. The zero-order valence-electron chi connectivity index (χ0n) is 31.9. The van der Waals surface area contributed by atoms with E-state index in [0.29, 0.717) is 17.5 Å². The predicted octanol–water partition coefficient (Wildman–Crippen LogP) is 14.1. The molecule has 0 atom stereocenters. The van der Waals surface area contributed by atoms with E-state index < -0.39 is 0 Å². The van der Waals surface area contributed by atoms with Crippen molar-refractivity contribution in [2.75, 3.05) is 0 Å². The molecule has 0 N–H and O–H groups in total. The SMILES string of the molecule is c1ccc(-c2ccc(-c3nc(-c4ccccc4)nc(-c4ccccc4-n4c5cccc6c5c5c7c(cccc7c(-c7ccccc7)cc54)-c4ccccc4-6)n3)cc2)cc1.